The van der Waals surface area contributed by atoms with Gasteiger partial charge in [0.05, 0.1) is 13.7 Å². The fourth-order valence-electron chi connectivity index (χ4n) is 4.06. The molecule has 0 bridgehead atoms. The maximum Gasteiger partial charge on any atom is 0.220 e. The summed E-state index contributed by atoms with van der Waals surface area (Å²) in [6.07, 6.45) is 10.4. The van der Waals surface area contributed by atoms with Crippen molar-refractivity contribution in [3.63, 3.8) is 0 Å². The normalized spacial score (nSPS) is 18.8. The van der Waals surface area contributed by atoms with Crippen LogP contribution in [0.15, 0.2) is 30.6 Å². The Morgan fingerprint density at radius 3 is 2.73 bits per heavy atom. The number of benzene rings is 1. The van der Waals surface area contributed by atoms with Gasteiger partial charge in [0, 0.05) is 37.8 Å². The molecule has 0 aliphatic heterocycles. The number of hydrogen-bond donors (Lipinski definition) is 1. The van der Waals surface area contributed by atoms with Crippen LogP contribution in [0.5, 0.6) is 11.5 Å². The Bertz CT molecular complexity index is 810. The minimum atomic E-state index is 0.139. The number of methoxy groups -OCH3 is 1. The number of nitrogens with zero attached hydrogens (tertiary/aromatic N) is 2. The largest absolute Gasteiger partial charge is 0.493 e. The number of aryl methyl sites for hydroxylation is 2. The average molecular weight is 414 g/mol. The Morgan fingerprint density at radius 2 is 2.00 bits per heavy atom. The molecule has 0 unspecified atom stereocenters. The Kier molecular flexibility index (Phi) is 8.17. The first-order chi connectivity index (χ1) is 14.6. The fourth-order valence-corrected chi connectivity index (χ4v) is 4.06. The van der Waals surface area contributed by atoms with Gasteiger partial charge in [0.15, 0.2) is 11.5 Å². The quantitative estimate of drug-likeness (QED) is 0.635. The van der Waals surface area contributed by atoms with Crippen LogP contribution in [0.25, 0.3) is 0 Å². The van der Waals surface area contributed by atoms with Gasteiger partial charge in [-0.3, -0.25) is 4.79 Å². The number of ether oxygens (including phenoxy) is 2. The van der Waals surface area contributed by atoms with Crippen molar-refractivity contribution in [3.8, 4) is 11.5 Å². The molecule has 3 rings (SSSR count). The Balaban J connectivity index is 1.46. The lowest BCUT2D eigenvalue weighted by molar-refractivity contribution is -0.122. The standard InChI is InChI=1S/C24H35N3O3/c1-4-27-15-14-25-23(27)13-16-30-21-11-7-19(17-22(21)29-3)8-12-24(28)26-20-9-5-18(2)6-10-20/h7,11,14-15,17-18,20H,4-6,8-10,12-13,16H2,1-3H3,(H,26,28). The highest BCUT2D eigenvalue weighted by molar-refractivity contribution is 5.76. The van der Waals surface area contributed by atoms with Crippen molar-refractivity contribution in [2.24, 2.45) is 5.92 Å². The Morgan fingerprint density at radius 1 is 1.20 bits per heavy atom. The molecular weight excluding hydrogens is 378 g/mol. The fraction of sp³-hybridized carbons (Fsp3) is 0.583. The molecule has 2 aromatic rings. The molecule has 1 N–H and O–H groups in total. The Hall–Kier alpha value is -2.50. The van der Waals surface area contributed by atoms with E-state index in [4.69, 9.17) is 9.47 Å². The molecule has 0 atom stereocenters. The summed E-state index contributed by atoms with van der Waals surface area (Å²) in [7, 11) is 1.65. The van der Waals surface area contributed by atoms with E-state index in [1.807, 2.05) is 30.6 Å². The molecule has 1 aliphatic carbocycles. The first kappa shape index (κ1) is 22.2. The average Bonchev–Trinajstić information content (AvgIpc) is 3.22. The van der Waals surface area contributed by atoms with Gasteiger partial charge in [0.2, 0.25) is 5.91 Å². The zero-order valence-electron chi connectivity index (χ0n) is 18.5. The molecule has 1 aliphatic rings. The van der Waals surface area contributed by atoms with Crippen molar-refractivity contribution in [2.45, 2.75) is 71.4 Å². The van der Waals surface area contributed by atoms with E-state index in [0.717, 1.165) is 48.9 Å². The lowest BCUT2D eigenvalue weighted by Crippen LogP contribution is -2.37. The summed E-state index contributed by atoms with van der Waals surface area (Å²) in [5.41, 5.74) is 1.08. The number of aromatic nitrogens is 2. The summed E-state index contributed by atoms with van der Waals surface area (Å²) < 4.78 is 13.6. The van der Waals surface area contributed by atoms with E-state index in [1.54, 1.807) is 7.11 Å². The highest BCUT2D eigenvalue weighted by Gasteiger charge is 2.19. The lowest BCUT2D eigenvalue weighted by Gasteiger charge is -2.26. The molecule has 1 heterocycles. The summed E-state index contributed by atoms with van der Waals surface area (Å²) in [5.74, 6) is 3.37. The molecule has 1 amide bonds. The molecule has 1 aromatic carbocycles. The number of hydrogen-bond acceptors (Lipinski definition) is 4. The van der Waals surface area contributed by atoms with Crippen molar-refractivity contribution in [1.82, 2.24) is 14.9 Å². The Labute approximate surface area is 180 Å². The minimum Gasteiger partial charge on any atom is -0.493 e. The highest BCUT2D eigenvalue weighted by Crippen LogP contribution is 2.29. The first-order valence-electron chi connectivity index (χ1n) is 11.2. The number of rotatable bonds is 10. The number of amides is 1. The first-order valence-corrected chi connectivity index (χ1v) is 11.2. The predicted molar refractivity (Wildman–Crippen MR) is 118 cm³/mol. The molecule has 164 valence electrons. The number of carbonyl (C=O) groups is 1. The molecule has 6 heteroatoms. The van der Waals surface area contributed by atoms with Crippen LogP contribution in [-0.4, -0.2) is 35.2 Å². The molecule has 1 aromatic heterocycles. The van der Waals surface area contributed by atoms with Crippen molar-refractivity contribution in [3.05, 3.63) is 42.0 Å². The van der Waals surface area contributed by atoms with Gasteiger partial charge >= 0.3 is 0 Å². The smallest absolute Gasteiger partial charge is 0.220 e. The van der Waals surface area contributed by atoms with Gasteiger partial charge in [-0.2, -0.15) is 0 Å². The second kappa shape index (κ2) is 11.0. The molecule has 0 radical (unpaired) electrons. The second-order valence-corrected chi connectivity index (χ2v) is 8.24. The zero-order valence-corrected chi connectivity index (χ0v) is 18.5. The molecule has 30 heavy (non-hydrogen) atoms. The van der Waals surface area contributed by atoms with Gasteiger partial charge < -0.3 is 19.4 Å². The predicted octanol–water partition coefficient (Wildman–Crippen LogP) is 4.16. The number of imidazole rings is 1. The summed E-state index contributed by atoms with van der Waals surface area (Å²) >= 11 is 0. The van der Waals surface area contributed by atoms with Crippen molar-refractivity contribution >= 4 is 5.91 Å². The molecule has 1 fully saturated rings. The van der Waals surface area contributed by atoms with Gasteiger partial charge in [0.25, 0.3) is 0 Å². The lowest BCUT2D eigenvalue weighted by atomic mass is 9.87. The van der Waals surface area contributed by atoms with Crippen LogP contribution < -0.4 is 14.8 Å². The van der Waals surface area contributed by atoms with Crippen LogP contribution in [0.3, 0.4) is 0 Å². The zero-order chi connectivity index (χ0) is 21.3. The maximum atomic E-state index is 12.3. The van der Waals surface area contributed by atoms with E-state index in [9.17, 15) is 4.79 Å². The third-order valence-electron chi connectivity index (χ3n) is 5.98. The van der Waals surface area contributed by atoms with Gasteiger partial charge in [-0.25, -0.2) is 4.98 Å². The summed E-state index contributed by atoms with van der Waals surface area (Å²) in [6, 6.07) is 6.27. The molecule has 0 saturated heterocycles. The van der Waals surface area contributed by atoms with Crippen molar-refractivity contribution in [1.29, 1.82) is 0 Å². The van der Waals surface area contributed by atoms with Gasteiger partial charge in [-0.15, -0.1) is 0 Å². The van der Waals surface area contributed by atoms with Gasteiger partial charge in [0.1, 0.15) is 5.82 Å². The van der Waals surface area contributed by atoms with E-state index in [0.29, 0.717) is 31.2 Å². The van der Waals surface area contributed by atoms with Crippen LogP contribution >= 0.6 is 0 Å². The van der Waals surface area contributed by atoms with Crippen LogP contribution in [0.2, 0.25) is 0 Å². The number of carbonyl (C=O) groups excluding carboxylic acids is 1. The summed E-state index contributed by atoms with van der Waals surface area (Å²) in [6.45, 7) is 5.83. The van der Waals surface area contributed by atoms with Crippen LogP contribution in [0, 0.1) is 5.92 Å². The van der Waals surface area contributed by atoms with Crippen LogP contribution in [0.1, 0.15) is 57.3 Å². The van der Waals surface area contributed by atoms with Crippen molar-refractivity contribution < 1.29 is 14.3 Å². The summed E-state index contributed by atoms with van der Waals surface area (Å²) in [5, 5.41) is 3.20. The van der Waals surface area contributed by atoms with E-state index in [1.165, 1.54) is 12.8 Å². The van der Waals surface area contributed by atoms with Crippen molar-refractivity contribution in [2.75, 3.05) is 13.7 Å². The van der Waals surface area contributed by atoms with E-state index < -0.39 is 0 Å². The SMILES string of the molecule is CCn1ccnc1CCOc1ccc(CCC(=O)NC2CCC(C)CC2)cc1OC. The van der Waals surface area contributed by atoms with Crippen LogP contribution in [-0.2, 0) is 24.2 Å². The third-order valence-corrected chi connectivity index (χ3v) is 5.98. The molecule has 1 saturated carbocycles. The molecular formula is C24H35N3O3. The van der Waals surface area contributed by atoms with E-state index in [2.05, 4.69) is 28.7 Å². The van der Waals surface area contributed by atoms with Gasteiger partial charge in [-0.1, -0.05) is 13.0 Å². The maximum absolute atomic E-state index is 12.3. The second-order valence-electron chi connectivity index (χ2n) is 8.24. The van der Waals surface area contributed by atoms with E-state index in [-0.39, 0.29) is 5.91 Å². The van der Waals surface area contributed by atoms with Gasteiger partial charge in [-0.05, 0) is 62.6 Å². The number of nitrogens with one attached hydrogen (secondary N) is 1. The van der Waals surface area contributed by atoms with Crippen LogP contribution in [0.4, 0.5) is 0 Å². The highest BCUT2D eigenvalue weighted by atomic mass is 16.5. The molecule has 0 spiro atoms. The minimum absolute atomic E-state index is 0.139. The monoisotopic (exact) mass is 413 g/mol. The topological polar surface area (TPSA) is 65.4 Å². The third kappa shape index (κ3) is 6.25. The van der Waals surface area contributed by atoms with E-state index >= 15 is 0 Å². The summed E-state index contributed by atoms with van der Waals surface area (Å²) in [4.78, 5) is 16.7. The molecule has 6 nitrogen and oxygen atoms in total.